The van der Waals surface area contributed by atoms with Crippen LogP contribution in [-0.4, -0.2) is 19.2 Å². The number of nitrogens with one attached hydrogen (secondary N) is 1. The highest BCUT2D eigenvalue weighted by Gasteiger charge is 2.29. The van der Waals surface area contributed by atoms with Crippen molar-refractivity contribution < 1.29 is 4.74 Å². The number of benzene rings is 1. The maximum atomic E-state index is 5.74. The minimum Gasteiger partial charge on any atom is -0.493 e. The van der Waals surface area contributed by atoms with Crippen LogP contribution in [0, 0.1) is 0 Å². The van der Waals surface area contributed by atoms with Crippen molar-refractivity contribution in [3.05, 3.63) is 29.8 Å². The van der Waals surface area contributed by atoms with Crippen molar-refractivity contribution in [1.82, 2.24) is 5.32 Å². The third-order valence-electron chi connectivity index (χ3n) is 3.29. The molecule has 2 nitrogen and oxygen atoms in total. The summed E-state index contributed by atoms with van der Waals surface area (Å²) in [5.41, 5.74) is 1.38. The molecular formula is C14H21NO. The zero-order valence-corrected chi connectivity index (χ0v) is 10.2. The lowest BCUT2D eigenvalue weighted by Gasteiger charge is -2.23. The van der Waals surface area contributed by atoms with Crippen LogP contribution in [0.15, 0.2) is 24.3 Å². The van der Waals surface area contributed by atoms with Gasteiger partial charge in [0.2, 0.25) is 0 Å². The summed E-state index contributed by atoms with van der Waals surface area (Å²) in [6.45, 7) is 6.27. The predicted octanol–water partition coefficient (Wildman–Crippen LogP) is 2.94. The van der Waals surface area contributed by atoms with Crippen molar-refractivity contribution in [2.75, 3.05) is 13.2 Å². The summed E-state index contributed by atoms with van der Waals surface area (Å²) in [5.74, 6) is 1.60. The van der Waals surface area contributed by atoms with Crippen LogP contribution in [0.2, 0.25) is 0 Å². The Bertz CT molecular complexity index is 331. The highest BCUT2D eigenvalue weighted by molar-refractivity contribution is 5.40. The lowest BCUT2D eigenvalue weighted by Crippen LogP contribution is -2.35. The van der Waals surface area contributed by atoms with Crippen molar-refractivity contribution in [2.24, 2.45) is 0 Å². The number of hydrogen-bond donors (Lipinski definition) is 1. The van der Waals surface area contributed by atoms with Gasteiger partial charge in [0.25, 0.3) is 0 Å². The van der Waals surface area contributed by atoms with E-state index in [0.717, 1.165) is 18.9 Å². The number of ether oxygens (including phenoxy) is 1. The van der Waals surface area contributed by atoms with Gasteiger partial charge < -0.3 is 10.1 Å². The Morgan fingerprint density at radius 1 is 1.38 bits per heavy atom. The Labute approximate surface area is 98.0 Å². The van der Waals surface area contributed by atoms with E-state index < -0.39 is 0 Å². The molecule has 2 unspecified atom stereocenters. The Morgan fingerprint density at radius 2 is 2.19 bits per heavy atom. The van der Waals surface area contributed by atoms with E-state index in [1.807, 2.05) is 6.07 Å². The highest BCUT2D eigenvalue weighted by atomic mass is 16.5. The monoisotopic (exact) mass is 219 g/mol. The summed E-state index contributed by atoms with van der Waals surface area (Å²) in [4.78, 5) is 0. The topological polar surface area (TPSA) is 21.3 Å². The second-order valence-corrected chi connectivity index (χ2v) is 4.41. The number of fused-ring (bicyclic) bond motifs is 1. The first-order chi connectivity index (χ1) is 7.86. The predicted molar refractivity (Wildman–Crippen MR) is 67.1 cm³/mol. The first-order valence-electron chi connectivity index (χ1n) is 6.32. The summed E-state index contributed by atoms with van der Waals surface area (Å²) in [7, 11) is 0. The zero-order chi connectivity index (χ0) is 11.4. The van der Waals surface area contributed by atoms with Crippen molar-refractivity contribution in [3.8, 4) is 5.75 Å². The third-order valence-corrected chi connectivity index (χ3v) is 3.29. The van der Waals surface area contributed by atoms with E-state index in [0.29, 0.717) is 12.0 Å². The van der Waals surface area contributed by atoms with Crippen LogP contribution in [0.3, 0.4) is 0 Å². The molecule has 1 N–H and O–H groups in total. The SMILES string of the molecule is CCCC(NCC)C1COc2ccccc21. The van der Waals surface area contributed by atoms with E-state index in [1.165, 1.54) is 18.4 Å². The van der Waals surface area contributed by atoms with Gasteiger partial charge in [0.05, 0.1) is 6.61 Å². The molecule has 1 aromatic carbocycles. The van der Waals surface area contributed by atoms with Crippen LogP contribution in [0.4, 0.5) is 0 Å². The molecule has 0 amide bonds. The Kier molecular flexibility index (Phi) is 3.83. The van der Waals surface area contributed by atoms with Crippen molar-refractivity contribution in [2.45, 2.75) is 38.6 Å². The quantitative estimate of drug-likeness (QED) is 0.822. The van der Waals surface area contributed by atoms with Gasteiger partial charge in [-0.1, -0.05) is 38.5 Å². The van der Waals surface area contributed by atoms with Crippen LogP contribution in [0.5, 0.6) is 5.75 Å². The molecule has 2 heteroatoms. The lowest BCUT2D eigenvalue weighted by molar-refractivity contribution is 0.292. The molecule has 0 fully saturated rings. The number of rotatable bonds is 5. The largest absolute Gasteiger partial charge is 0.493 e. The fourth-order valence-electron chi connectivity index (χ4n) is 2.54. The molecule has 0 aliphatic carbocycles. The third kappa shape index (κ3) is 2.22. The molecule has 1 aliphatic heterocycles. The minimum atomic E-state index is 0.524. The van der Waals surface area contributed by atoms with Gasteiger partial charge in [0.15, 0.2) is 0 Å². The van der Waals surface area contributed by atoms with Crippen molar-refractivity contribution >= 4 is 0 Å². The van der Waals surface area contributed by atoms with Crippen LogP contribution in [0.25, 0.3) is 0 Å². The standard InChI is InChI=1S/C14H21NO/c1-3-7-13(15-4-2)12-10-16-14-9-6-5-8-11(12)14/h5-6,8-9,12-13,15H,3-4,7,10H2,1-2H3. The average Bonchev–Trinajstić information content (AvgIpc) is 2.72. The molecule has 88 valence electrons. The zero-order valence-electron chi connectivity index (χ0n) is 10.2. The smallest absolute Gasteiger partial charge is 0.122 e. The second-order valence-electron chi connectivity index (χ2n) is 4.41. The molecule has 1 aromatic rings. The van der Waals surface area contributed by atoms with E-state index >= 15 is 0 Å². The fraction of sp³-hybridized carbons (Fsp3) is 0.571. The molecule has 0 bridgehead atoms. The van der Waals surface area contributed by atoms with Gasteiger partial charge in [0, 0.05) is 17.5 Å². The van der Waals surface area contributed by atoms with E-state index in [1.54, 1.807) is 0 Å². The molecule has 16 heavy (non-hydrogen) atoms. The minimum absolute atomic E-state index is 0.524. The van der Waals surface area contributed by atoms with Crippen molar-refractivity contribution in [1.29, 1.82) is 0 Å². The molecule has 0 radical (unpaired) electrons. The Hall–Kier alpha value is -1.02. The maximum Gasteiger partial charge on any atom is 0.122 e. The van der Waals surface area contributed by atoms with Crippen LogP contribution in [0.1, 0.15) is 38.2 Å². The van der Waals surface area contributed by atoms with Gasteiger partial charge in [-0.25, -0.2) is 0 Å². The van der Waals surface area contributed by atoms with Gasteiger partial charge in [-0.3, -0.25) is 0 Å². The van der Waals surface area contributed by atoms with Gasteiger partial charge >= 0.3 is 0 Å². The van der Waals surface area contributed by atoms with Crippen LogP contribution < -0.4 is 10.1 Å². The van der Waals surface area contributed by atoms with Gasteiger partial charge in [-0.15, -0.1) is 0 Å². The Morgan fingerprint density at radius 3 is 2.94 bits per heavy atom. The first kappa shape index (κ1) is 11.5. The van der Waals surface area contributed by atoms with Gasteiger partial charge in [-0.2, -0.15) is 0 Å². The van der Waals surface area contributed by atoms with Crippen molar-refractivity contribution in [3.63, 3.8) is 0 Å². The number of para-hydroxylation sites is 1. The van der Waals surface area contributed by atoms with Crippen LogP contribution >= 0.6 is 0 Å². The molecule has 2 rings (SSSR count). The lowest BCUT2D eigenvalue weighted by atomic mass is 9.90. The molecule has 0 spiro atoms. The molecule has 0 saturated carbocycles. The molecule has 2 atom stereocenters. The number of likely N-dealkylation sites (N-methyl/N-ethyl adjacent to an activating group) is 1. The maximum absolute atomic E-state index is 5.74. The van der Waals surface area contributed by atoms with E-state index in [9.17, 15) is 0 Å². The molecule has 1 aliphatic rings. The normalized spacial score (nSPS) is 20.2. The molecule has 1 heterocycles. The van der Waals surface area contributed by atoms with E-state index in [2.05, 4.69) is 37.4 Å². The molecule has 0 saturated heterocycles. The Balaban J connectivity index is 2.15. The average molecular weight is 219 g/mol. The summed E-state index contributed by atoms with van der Waals surface area (Å²) < 4.78 is 5.74. The van der Waals surface area contributed by atoms with E-state index in [4.69, 9.17) is 4.74 Å². The van der Waals surface area contributed by atoms with Gasteiger partial charge in [-0.05, 0) is 19.0 Å². The summed E-state index contributed by atoms with van der Waals surface area (Å²) in [5, 5.41) is 3.59. The molecular weight excluding hydrogens is 198 g/mol. The molecule has 0 aromatic heterocycles. The summed E-state index contributed by atoms with van der Waals surface area (Å²) in [6, 6.07) is 8.98. The second kappa shape index (κ2) is 5.35. The highest BCUT2D eigenvalue weighted by Crippen LogP contribution is 2.36. The summed E-state index contributed by atoms with van der Waals surface area (Å²) in [6.07, 6.45) is 2.44. The van der Waals surface area contributed by atoms with E-state index in [-0.39, 0.29) is 0 Å². The fourth-order valence-corrected chi connectivity index (χ4v) is 2.54. The number of hydrogen-bond acceptors (Lipinski definition) is 2. The van der Waals surface area contributed by atoms with Gasteiger partial charge in [0.1, 0.15) is 5.75 Å². The summed E-state index contributed by atoms with van der Waals surface area (Å²) >= 11 is 0. The first-order valence-corrected chi connectivity index (χ1v) is 6.32. The van der Waals surface area contributed by atoms with Crippen LogP contribution in [-0.2, 0) is 0 Å².